The third kappa shape index (κ3) is 3.26. The number of carbonyl (C=O) groups excluding carboxylic acids is 1. The first-order valence-electron chi connectivity index (χ1n) is 4.26. The highest BCUT2D eigenvalue weighted by Gasteiger charge is 2.17. The summed E-state index contributed by atoms with van der Waals surface area (Å²) in [4.78, 5) is 11.3. The van der Waals surface area contributed by atoms with Crippen LogP contribution in [-0.4, -0.2) is 19.1 Å². The molecule has 1 N–H and O–H groups in total. The van der Waals surface area contributed by atoms with E-state index < -0.39 is 0 Å². The molecule has 0 amide bonds. The first-order chi connectivity index (χ1) is 6.77. The summed E-state index contributed by atoms with van der Waals surface area (Å²) < 4.78 is 7.57. The summed E-state index contributed by atoms with van der Waals surface area (Å²) in [7, 11) is 1.40. The second kappa shape index (κ2) is 5.98. The number of hydrogen-bond acceptors (Lipinski definition) is 3. The minimum atomic E-state index is -0.275. The zero-order chi connectivity index (χ0) is 10.4. The fourth-order valence-electron chi connectivity index (χ4n) is 1.16. The third-order valence-corrected chi connectivity index (χ3v) is 2.65. The lowest BCUT2D eigenvalue weighted by Gasteiger charge is -2.11. The van der Waals surface area contributed by atoms with Gasteiger partial charge in [0.2, 0.25) is 0 Å². The van der Waals surface area contributed by atoms with Crippen molar-refractivity contribution in [3.63, 3.8) is 0 Å². The molecule has 0 saturated carbocycles. The molecule has 0 fully saturated rings. The van der Waals surface area contributed by atoms with E-state index in [1.165, 1.54) is 7.11 Å². The van der Waals surface area contributed by atoms with Crippen LogP contribution in [-0.2, 0) is 16.0 Å². The first-order valence-corrected chi connectivity index (χ1v) is 5.33. The van der Waals surface area contributed by atoms with Crippen molar-refractivity contribution in [1.82, 2.24) is 3.53 Å². The highest BCUT2D eigenvalue weighted by atomic mass is 127. The third-order valence-electron chi connectivity index (χ3n) is 1.90. The number of esters is 1. The average Bonchev–Trinajstić information content (AvgIpc) is 2.26. The molecule has 0 spiro atoms. The molecule has 0 aliphatic carbocycles. The number of rotatable bonds is 4. The van der Waals surface area contributed by atoms with Gasteiger partial charge in [-0.05, 0) is 12.0 Å². The second-order valence-corrected chi connectivity index (χ2v) is 3.50. The fraction of sp³-hybridized carbons (Fsp3) is 0.300. The number of nitrogens with one attached hydrogen (secondary N) is 1. The van der Waals surface area contributed by atoms with Crippen molar-refractivity contribution >= 4 is 28.8 Å². The maximum absolute atomic E-state index is 11.3. The molecule has 1 aromatic rings. The summed E-state index contributed by atoms with van der Waals surface area (Å²) in [5.74, 6) is -0.233. The van der Waals surface area contributed by atoms with E-state index in [4.69, 9.17) is 0 Å². The van der Waals surface area contributed by atoms with Gasteiger partial charge in [0.05, 0.1) is 7.11 Å². The van der Waals surface area contributed by atoms with Crippen LogP contribution in [0.5, 0.6) is 0 Å². The zero-order valence-corrected chi connectivity index (χ0v) is 10.0. The highest BCUT2D eigenvalue weighted by Crippen LogP contribution is 2.05. The molecule has 0 aliphatic rings. The molecule has 0 saturated heterocycles. The number of benzene rings is 1. The summed E-state index contributed by atoms with van der Waals surface area (Å²) in [6.07, 6.45) is 0.649. The molecule has 3 nitrogen and oxygen atoms in total. The zero-order valence-electron chi connectivity index (χ0n) is 7.87. The van der Waals surface area contributed by atoms with E-state index in [-0.39, 0.29) is 12.0 Å². The molecule has 1 rings (SSSR count). The molecular weight excluding hydrogens is 293 g/mol. The molecule has 0 heterocycles. The molecule has 0 aliphatic heterocycles. The number of halogens is 1. The van der Waals surface area contributed by atoms with Crippen LogP contribution >= 0.6 is 22.9 Å². The van der Waals surface area contributed by atoms with E-state index >= 15 is 0 Å². The van der Waals surface area contributed by atoms with Crippen molar-refractivity contribution in [3.05, 3.63) is 35.9 Å². The Morgan fingerprint density at radius 1 is 1.50 bits per heavy atom. The van der Waals surface area contributed by atoms with Crippen LogP contribution in [0, 0.1) is 0 Å². The molecule has 76 valence electrons. The molecule has 1 aromatic carbocycles. The van der Waals surface area contributed by atoms with Gasteiger partial charge in [0.1, 0.15) is 6.04 Å². The summed E-state index contributed by atoms with van der Waals surface area (Å²) in [6, 6.07) is 9.57. The Hall–Kier alpha value is -0.620. The van der Waals surface area contributed by atoms with E-state index in [1.54, 1.807) is 0 Å². The van der Waals surface area contributed by atoms with Gasteiger partial charge in [-0.15, -0.1) is 0 Å². The Morgan fingerprint density at radius 3 is 2.64 bits per heavy atom. The van der Waals surface area contributed by atoms with Crippen molar-refractivity contribution in [2.24, 2.45) is 0 Å². The lowest BCUT2D eigenvalue weighted by atomic mass is 10.1. The lowest BCUT2D eigenvalue weighted by molar-refractivity contribution is -0.142. The van der Waals surface area contributed by atoms with Crippen molar-refractivity contribution in [3.8, 4) is 0 Å². The van der Waals surface area contributed by atoms with E-state index in [0.29, 0.717) is 6.42 Å². The van der Waals surface area contributed by atoms with Gasteiger partial charge in [0.25, 0.3) is 0 Å². The smallest absolute Gasteiger partial charge is 0.323 e. The van der Waals surface area contributed by atoms with Gasteiger partial charge in [-0.1, -0.05) is 30.3 Å². The maximum atomic E-state index is 11.3. The Bertz CT molecular complexity index is 289. The van der Waals surface area contributed by atoms with E-state index in [1.807, 2.05) is 53.2 Å². The minimum absolute atomic E-state index is 0.233. The van der Waals surface area contributed by atoms with Crippen LogP contribution in [0.15, 0.2) is 30.3 Å². The van der Waals surface area contributed by atoms with Crippen LogP contribution in [0.3, 0.4) is 0 Å². The number of methoxy groups -OCH3 is 1. The normalized spacial score (nSPS) is 12.1. The van der Waals surface area contributed by atoms with Crippen LogP contribution in [0.1, 0.15) is 5.56 Å². The Morgan fingerprint density at radius 2 is 2.14 bits per heavy atom. The van der Waals surface area contributed by atoms with Gasteiger partial charge < -0.3 is 4.74 Å². The van der Waals surface area contributed by atoms with Crippen LogP contribution in [0.2, 0.25) is 0 Å². The highest BCUT2D eigenvalue weighted by molar-refractivity contribution is 14.1. The Kier molecular flexibility index (Phi) is 4.89. The first kappa shape index (κ1) is 11.5. The molecule has 0 bridgehead atoms. The predicted octanol–water partition coefficient (Wildman–Crippen LogP) is 1.71. The molecule has 0 unspecified atom stereocenters. The number of hydrogen-bond donors (Lipinski definition) is 1. The van der Waals surface area contributed by atoms with E-state index in [9.17, 15) is 4.79 Å². The Labute approximate surface area is 97.3 Å². The maximum Gasteiger partial charge on any atom is 0.323 e. The average molecular weight is 305 g/mol. The van der Waals surface area contributed by atoms with Gasteiger partial charge in [-0.3, -0.25) is 4.79 Å². The van der Waals surface area contributed by atoms with Gasteiger partial charge in [-0.25, -0.2) is 3.53 Å². The molecule has 4 heteroatoms. The summed E-state index contributed by atoms with van der Waals surface area (Å²) in [6.45, 7) is 0. The van der Waals surface area contributed by atoms with Gasteiger partial charge in [0, 0.05) is 22.9 Å². The molecule has 0 aromatic heterocycles. The molecule has 14 heavy (non-hydrogen) atoms. The largest absolute Gasteiger partial charge is 0.468 e. The number of ether oxygens (including phenoxy) is 1. The minimum Gasteiger partial charge on any atom is -0.468 e. The SMILES string of the molecule is COC(=O)[C@H](Cc1ccccc1)NI. The van der Waals surface area contributed by atoms with Gasteiger partial charge >= 0.3 is 5.97 Å². The van der Waals surface area contributed by atoms with Crippen molar-refractivity contribution in [2.75, 3.05) is 7.11 Å². The van der Waals surface area contributed by atoms with Crippen molar-refractivity contribution < 1.29 is 9.53 Å². The second-order valence-electron chi connectivity index (χ2n) is 2.87. The topological polar surface area (TPSA) is 38.3 Å². The standard InChI is InChI=1S/C10H12INO2/c1-14-10(13)9(12-11)7-8-5-3-2-4-6-8/h2-6,9,12H,7H2,1H3/t9-/m0/s1. The monoisotopic (exact) mass is 305 g/mol. The van der Waals surface area contributed by atoms with E-state index in [0.717, 1.165) is 5.56 Å². The Balaban J connectivity index is 2.62. The number of carbonyl (C=O) groups is 1. The summed E-state index contributed by atoms with van der Waals surface area (Å²) >= 11 is 1.96. The molecular formula is C10H12INO2. The lowest BCUT2D eigenvalue weighted by Crippen LogP contribution is -2.33. The quantitative estimate of drug-likeness (QED) is 0.523. The van der Waals surface area contributed by atoms with Gasteiger partial charge in [-0.2, -0.15) is 0 Å². The summed E-state index contributed by atoms with van der Waals surface area (Å²) in [5, 5.41) is 0. The molecule has 0 radical (unpaired) electrons. The van der Waals surface area contributed by atoms with Crippen LogP contribution in [0.4, 0.5) is 0 Å². The van der Waals surface area contributed by atoms with Gasteiger partial charge in [0.15, 0.2) is 0 Å². The van der Waals surface area contributed by atoms with Crippen molar-refractivity contribution in [1.29, 1.82) is 0 Å². The van der Waals surface area contributed by atoms with Crippen LogP contribution in [0.25, 0.3) is 0 Å². The summed E-state index contributed by atoms with van der Waals surface area (Å²) in [5.41, 5.74) is 1.12. The van der Waals surface area contributed by atoms with E-state index in [2.05, 4.69) is 8.27 Å². The van der Waals surface area contributed by atoms with Crippen LogP contribution < -0.4 is 3.53 Å². The molecule has 1 atom stereocenters. The van der Waals surface area contributed by atoms with Crippen molar-refractivity contribution in [2.45, 2.75) is 12.5 Å². The predicted molar refractivity (Wildman–Crippen MR) is 63.1 cm³/mol. The fourth-order valence-corrected chi connectivity index (χ4v) is 1.63.